The molecule has 0 radical (unpaired) electrons. The molecule has 0 bridgehead atoms. The third-order valence-electron chi connectivity index (χ3n) is 2.64. The van der Waals surface area contributed by atoms with E-state index in [9.17, 15) is 0 Å². The first-order valence-corrected chi connectivity index (χ1v) is 7.31. The molecule has 2 aromatic rings. The number of nitrogens with zero attached hydrogens (tertiary/aromatic N) is 5. The summed E-state index contributed by atoms with van der Waals surface area (Å²) in [4.78, 5) is 13.0. The van der Waals surface area contributed by atoms with E-state index in [0.717, 1.165) is 25.1 Å². The van der Waals surface area contributed by atoms with Crippen LogP contribution in [0.5, 0.6) is 6.01 Å². The molecule has 0 aliphatic carbocycles. The number of hydrogen-bond acceptors (Lipinski definition) is 6. The minimum atomic E-state index is 0.0116. The largest absolute Gasteiger partial charge is 0.461 e. The van der Waals surface area contributed by atoms with Crippen molar-refractivity contribution in [2.24, 2.45) is 0 Å². The lowest BCUT2D eigenvalue weighted by Crippen LogP contribution is -2.12. The summed E-state index contributed by atoms with van der Waals surface area (Å²) in [6.07, 6.45) is 4.74. The summed E-state index contributed by atoms with van der Waals surface area (Å²) >= 11 is 0. The van der Waals surface area contributed by atoms with Crippen molar-refractivity contribution in [2.75, 3.05) is 11.9 Å². The average molecular weight is 290 g/mol. The van der Waals surface area contributed by atoms with Crippen LogP contribution in [0.1, 0.15) is 34.1 Å². The van der Waals surface area contributed by atoms with Crippen LogP contribution in [0, 0.1) is 0 Å². The van der Waals surface area contributed by atoms with Gasteiger partial charge in [0.15, 0.2) is 5.82 Å². The quantitative estimate of drug-likeness (QED) is 0.843. The van der Waals surface area contributed by atoms with Crippen LogP contribution in [-0.4, -0.2) is 37.4 Å². The average Bonchev–Trinajstić information content (AvgIpc) is 2.87. The Hall–Kier alpha value is -2.18. The van der Waals surface area contributed by atoms with Gasteiger partial charge in [-0.05, 0) is 27.2 Å². The molecule has 0 saturated heterocycles. The van der Waals surface area contributed by atoms with Gasteiger partial charge in [-0.2, -0.15) is 20.1 Å². The second kappa shape index (κ2) is 7.01. The Labute approximate surface area is 124 Å². The third kappa shape index (κ3) is 4.14. The van der Waals surface area contributed by atoms with Gasteiger partial charge in [0.1, 0.15) is 0 Å². The molecule has 21 heavy (non-hydrogen) atoms. The lowest BCUT2D eigenvalue weighted by molar-refractivity contribution is 0.222. The SMILES string of the molecule is CCCn1cc(-c2nc(NCC)nc(OC(C)C)n2)cn1. The summed E-state index contributed by atoms with van der Waals surface area (Å²) in [6, 6.07) is 0.328. The predicted octanol–water partition coefficient (Wildman–Crippen LogP) is 2.36. The Morgan fingerprint density at radius 3 is 2.71 bits per heavy atom. The number of aromatic nitrogens is 5. The van der Waals surface area contributed by atoms with Crippen molar-refractivity contribution < 1.29 is 4.74 Å². The second-order valence-electron chi connectivity index (χ2n) is 4.95. The Bertz CT molecular complexity index is 581. The molecule has 0 aliphatic heterocycles. The van der Waals surface area contributed by atoms with E-state index in [4.69, 9.17) is 4.74 Å². The molecular formula is C14H22N6O. The highest BCUT2D eigenvalue weighted by Gasteiger charge is 2.12. The van der Waals surface area contributed by atoms with Crippen LogP contribution in [0.25, 0.3) is 11.4 Å². The first-order valence-electron chi connectivity index (χ1n) is 7.31. The highest BCUT2D eigenvalue weighted by atomic mass is 16.5. The molecule has 0 unspecified atom stereocenters. The van der Waals surface area contributed by atoms with Crippen molar-refractivity contribution in [3.63, 3.8) is 0 Å². The lowest BCUT2D eigenvalue weighted by Gasteiger charge is -2.10. The maximum Gasteiger partial charge on any atom is 0.322 e. The van der Waals surface area contributed by atoms with Gasteiger partial charge in [-0.3, -0.25) is 4.68 Å². The Kier molecular flexibility index (Phi) is 5.08. The van der Waals surface area contributed by atoms with Crippen molar-refractivity contribution in [3.05, 3.63) is 12.4 Å². The third-order valence-corrected chi connectivity index (χ3v) is 2.64. The van der Waals surface area contributed by atoms with Gasteiger partial charge in [-0.1, -0.05) is 6.92 Å². The first kappa shape index (κ1) is 15.2. The Balaban J connectivity index is 2.33. The van der Waals surface area contributed by atoms with Crippen LogP contribution in [0.2, 0.25) is 0 Å². The molecule has 0 aliphatic rings. The molecule has 0 fully saturated rings. The highest BCUT2D eigenvalue weighted by Crippen LogP contribution is 2.19. The lowest BCUT2D eigenvalue weighted by atomic mass is 10.3. The van der Waals surface area contributed by atoms with E-state index in [1.54, 1.807) is 6.20 Å². The normalized spacial score (nSPS) is 10.9. The maximum atomic E-state index is 5.59. The molecule has 2 aromatic heterocycles. The van der Waals surface area contributed by atoms with Crippen molar-refractivity contribution in [3.8, 4) is 17.4 Å². The van der Waals surface area contributed by atoms with Gasteiger partial charge in [0, 0.05) is 19.3 Å². The smallest absolute Gasteiger partial charge is 0.322 e. The van der Waals surface area contributed by atoms with Crippen LogP contribution in [0.3, 0.4) is 0 Å². The van der Waals surface area contributed by atoms with E-state index >= 15 is 0 Å². The monoisotopic (exact) mass is 290 g/mol. The van der Waals surface area contributed by atoms with E-state index in [1.165, 1.54) is 0 Å². The van der Waals surface area contributed by atoms with Gasteiger partial charge >= 0.3 is 6.01 Å². The fourth-order valence-electron chi connectivity index (χ4n) is 1.82. The minimum Gasteiger partial charge on any atom is -0.461 e. The molecule has 0 amide bonds. The van der Waals surface area contributed by atoms with Crippen molar-refractivity contribution in [1.29, 1.82) is 0 Å². The topological polar surface area (TPSA) is 77.8 Å². The number of nitrogens with one attached hydrogen (secondary N) is 1. The van der Waals surface area contributed by atoms with Gasteiger partial charge in [0.25, 0.3) is 0 Å². The van der Waals surface area contributed by atoms with Crippen molar-refractivity contribution >= 4 is 5.95 Å². The molecule has 7 heteroatoms. The molecule has 0 spiro atoms. The number of ether oxygens (including phenoxy) is 1. The molecule has 2 rings (SSSR count). The summed E-state index contributed by atoms with van der Waals surface area (Å²) < 4.78 is 7.47. The molecule has 0 saturated carbocycles. The first-order chi connectivity index (χ1) is 10.1. The fraction of sp³-hybridized carbons (Fsp3) is 0.571. The van der Waals surface area contributed by atoms with Crippen LogP contribution in [0.4, 0.5) is 5.95 Å². The summed E-state index contributed by atoms with van der Waals surface area (Å²) in [5.74, 6) is 1.08. The molecule has 0 atom stereocenters. The van der Waals surface area contributed by atoms with Gasteiger partial charge in [-0.15, -0.1) is 0 Å². The van der Waals surface area contributed by atoms with Crippen LogP contribution >= 0.6 is 0 Å². The van der Waals surface area contributed by atoms with Gasteiger partial charge in [0.05, 0.1) is 17.9 Å². The zero-order valence-corrected chi connectivity index (χ0v) is 13.0. The number of rotatable bonds is 7. The minimum absolute atomic E-state index is 0.0116. The number of hydrogen-bond donors (Lipinski definition) is 1. The van der Waals surface area contributed by atoms with E-state index in [-0.39, 0.29) is 6.10 Å². The summed E-state index contributed by atoms with van der Waals surface area (Å²) in [5, 5.41) is 7.40. The molecule has 7 nitrogen and oxygen atoms in total. The molecule has 2 heterocycles. The highest BCUT2D eigenvalue weighted by molar-refractivity contribution is 5.54. The predicted molar refractivity (Wildman–Crippen MR) is 81.3 cm³/mol. The van der Waals surface area contributed by atoms with E-state index < -0.39 is 0 Å². The second-order valence-corrected chi connectivity index (χ2v) is 4.95. The van der Waals surface area contributed by atoms with Gasteiger partial charge in [0.2, 0.25) is 5.95 Å². The summed E-state index contributed by atoms with van der Waals surface area (Å²) in [5.41, 5.74) is 0.860. The Morgan fingerprint density at radius 2 is 2.05 bits per heavy atom. The van der Waals surface area contributed by atoms with Crippen molar-refractivity contribution in [2.45, 2.75) is 46.8 Å². The standard InChI is InChI=1S/C14H22N6O/c1-5-7-20-9-11(8-16-20)12-17-13(15-6-2)19-14(18-12)21-10(3)4/h8-10H,5-7H2,1-4H3,(H,15,17,18,19). The Morgan fingerprint density at radius 1 is 1.24 bits per heavy atom. The van der Waals surface area contributed by atoms with Crippen molar-refractivity contribution in [1.82, 2.24) is 24.7 Å². The zero-order chi connectivity index (χ0) is 15.2. The fourth-order valence-corrected chi connectivity index (χ4v) is 1.82. The molecule has 0 aromatic carbocycles. The molecule has 114 valence electrons. The maximum absolute atomic E-state index is 5.59. The number of anilines is 1. The van der Waals surface area contributed by atoms with E-state index in [2.05, 4.69) is 32.3 Å². The van der Waals surface area contributed by atoms with Crippen LogP contribution in [0.15, 0.2) is 12.4 Å². The zero-order valence-electron chi connectivity index (χ0n) is 13.0. The van der Waals surface area contributed by atoms with Gasteiger partial charge < -0.3 is 10.1 Å². The number of aryl methyl sites for hydroxylation is 1. The van der Waals surface area contributed by atoms with Gasteiger partial charge in [-0.25, -0.2) is 0 Å². The molecular weight excluding hydrogens is 268 g/mol. The molecule has 1 N–H and O–H groups in total. The van der Waals surface area contributed by atoms with Crippen LogP contribution in [-0.2, 0) is 6.54 Å². The summed E-state index contributed by atoms with van der Waals surface area (Å²) in [7, 11) is 0. The van der Waals surface area contributed by atoms with E-state index in [1.807, 2.05) is 31.6 Å². The van der Waals surface area contributed by atoms with Crippen LogP contribution < -0.4 is 10.1 Å². The van der Waals surface area contributed by atoms with E-state index in [0.29, 0.717) is 17.8 Å². The summed E-state index contributed by atoms with van der Waals surface area (Å²) in [6.45, 7) is 9.60.